The van der Waals surface area contributed by atoms with Gasteiger partial charge in [-0.25, -0.2) is 4.98 Å². The highest BCUT2D eigenvalue weighted by Crippen LogP contribution is 2.19. The zero-order chi connectivity index (χ0) is 13.7. The van der Waals surface area contributed by atoms with Crippen LogP contribution in [0.25, 0.3) is 0 Å². The van der Waals surface area contributed by atoms with Crippen LogP contribution in [0.5, 0.6) is 0 Å². The van der Waals surface area contributed by atoms with E-state index in [1.54, 1.807) is 7.05 Å². The molecule has 7 heteroatoms. The first-order valence-electron chi connectivity index (χ1n) is 5.56. The number of nitro groups is 1. The molecule has 0 atom stereocenters. The summed E-state index contributed by atoms with van der Waals surface area (Å²) in [7, 11) is 1.63. The Morgan fingerprint density at radius 2 is 2.22 bits per heavy atom. The Hall–Kier alpha value is -2.18. The van der Waals surface area contributed by atoms with Crippen LogP contribution in [-0.2, 0) is 0 Å². The molecule has 0 bridgehead atoms. The maximum atomic E-state index is 11.9. The van der Waals surface area contributed by atoms with E-state index in [-0.39, 0.29) is 17.2 Å². The molecule has 0 spiro atoms. The summed E-state index contributed by atoms with van der Waals surface area (Å²) >= 11 is 0. The van der Waals surface area contributed by atoms with Gasteiger partial charge in [0.1, 0.15) is 17.6 Å². The van der Waals surface area contributed by atoms with E-state index in [9.17, 15) is 14.9 Å². The molecule has 0 aliphatic heterocycles. The van der Waals surface area contributed by atoms with Crippen LogP contribution in [0.3, 0.4) is 0 Å². The van der Waals surface area contributed by atoms with E-state index < -0.39 is 10.8 Å². The number of hydrogen-bond donors (Lipinski definition) is 2. The molecule has 18 heavy (non-hydrogen) atoms. The molecule has 0 aliphatic carbocycles. The van der Waals surface area contributed by atoms with E-state index in [2.05, 4.69) is 15.6 Å². The highest BCUT2D eigenvalue weighted by molar-refractivity contribution is 5.98. The number of amides is 1. The van der Waals surface area contributed by atoms with Gasteiger partial charge in [-0.15, -0.1) is 0 Å². The second-order valence-corrected chi connectivity index (χ2v) is 4.20. The van der Waals surface area contributed by atoms with Gasteiger partial charge in [0.25, 0.3) is 11.6 Å². The lowest BCUT2D eigenvalue weighted by Gasteiger charge is -2.08. The van der Waals surface area contributed by atoms with Crippen molar-refractivity contribution < 1.29 is 9.72 Å². The van der Waals surface area contributed by atoms with E-state index in [0.717, 1.165) is 6.20 Å². The van der Waals surface area contributed by atoms with Crippen molar-refractivity contribution in [2.24, 2.45) is 5.92 Å². The first-order chi connectivity index (χ1) is 8.45. The second-order valence-electron chi connectivity index (χ2n) is 4.20. The molecule has 0 aromatic carbocycles. The molecule has 2 N–H and O–H groups in total. The zero-order valence-corrected chi connectivity index (χ0v) is 10.6. The normalized spacial score (nSPS) is 10.2. The van der Waals surface area contributed by atoms with Crippen molar-refractivity contribution in [3.05, 3.63) is 27.9 Å². The van der Waals surface area contributed by atoms with Crippen molar-refractivity contribution in [3.8, 4) is 0 Å². The van der Waals surface area contributed by atoms with E-state index in [0.29, 0.717) is 12.4 Å². The van der Waals surface area contributed by atoms with E-state index in [4.69, 9.17) is 0 Å². The molecule has 0 radical (unpaired) electrons. The first-order valence-corrected chi connectivity index (χ1v) is 5.56. The predicted molar refractivity (Wildman–Crippen MR) is 67.6 cm³/mol. The minimum atomic E-state index is -0.614. The molecule has 0 saturated heterocycles. The Labute approximate surface area is 105 Å². The molecule has 1 heterocycles. The largest absolute Gasteiger partial charge is 0.373 e. The topological polar surface area (TPSA) is 97.2 Å². The van der Waals surface area contributed by atoms with Crippen molar-refractivity contribution in [2.45, 2.75) is 13.8 Å². The lowest BCUT2D eigenvalue weighted by molar-refractivity contribution is -0.385. The number of rotatable bonds is 5. The molecule has 1 aromatic rings. The fourth-order valence-electron chi connectivity index (χ4n) is 1.30. The van der Waals surface area contributed by atoms with Gasteiger partial charge in [0, 0.05) is 19.7 Å². The Bertz CT molecular complexity index is 460. The Morgan fingerprint density at radius 3 is 2.72 bits per heavy atom. The fourth-order valence-corrected chi connectivity index (χ4v) is 1.30. The SMILES string of the molecule is CNc1cc(C(=O)NCC(C)C)c([N+](=O)[O-])cn1. The standard InChI is InChI=1S/C11H16N4O3/c1-7(2)5-14-11(16)8-4-10(12-3)13-6-9(8)15(17)18/h4,6-7H,5H2,1-3H3,(H,12,13)(H,14,16). The van der Waals surface area contributed by atoms with Gasteiger partial charge in [0.05, 0.1) is 4.92 Å². The Balaban J connectivity index is 3.03. The Morgan fingerprint density at radius 1 is 1.56 bits per heavy atom. The third-order valence-corrected chi connectivity index (χ3v) is 2.25. The van der Waals surface area contributed by atoms with Gasteiger partial charge in [-0.05, 0) is 5.92 Å². The molecule has 1 amide bonds. The fraction of sp³-hybridized carbons (Fsp3) is 0.455. The quantitative estimate of drug-likeness (QED) is 0.610. The monoisotopic (exact) mass is 252 g/mol. The lowest BCUT2D eigenvalue weighted by Crippen LogP contribution is -2.28. The summed E-state index contributed by atoms with van der Waals surface area (Å²) in [6, 6.07) is 1.37. The number of pyridine rings is 1. The first kappa shape index (κ1) is 13.9. The minimum absolute atomic E-state index is 0.0139. The number of nitrogens with zero attached hydrogens (tertiary/aromatic N) is 2. The highest BCUT2D eigenvalue weighted by atomic mass is 16.6. The molecule has 0 aliphatic rings. The van der Waals surface area contributed by atoms with Crippen LogP contribution in [0.2, 0.25) is 0 Å². The predicted octanol–water partition coefficient (Wildman–Crippen LogP) is 1.42. The van der Waals surface area contributed by atoms with Crippen LogP contribution in [0, 0.1) is 16.0 Å². The molecule has 0 fully saturated rings. The van der Waals surface area contributed by atoms with Gasteiger partial charge in [0.15, 0.2) is 0 Å². The van der Waals surface area contributed by atoms with Crippen molar-refractivity contribution in [2.75, 3.05) is 18.9 Å². The summed E-state index contributed by atoms with van der Waals surface area (Å²) in [5.74, 6) is 0.225. The number of anilines is 1. The lowest BCUT2D eigenvalue weighted by atomic mass is 10.2. The van der Waals surface area contributed by atoms with Gasteiger partial charge >= 0.3 is 0 Å². The number of carbonyl (C=O) groups excluding carboxylic acids is 1. The smallest absolute Gasteiger partial charge is 0.300 e. The summed E-state index contributed by atoms with van der Waals surface area (Å²) < 4.78 is 0. The number of aromatic nitrogens is 1. The van der Waals surface area contributed by atoms with Gasteiger partial charge in [-0.2, -0.15) is 0 Å². The summed E-state index contributed by atoms with van der Waals surface area (Å²) in [4.78, 5) is 25.9. The van der Waals surface area contributed by atoms with Crippen LogP contribution in [0.1, 0.15) is 24.2 Å². The maximum Gasteiger partial charge on any atom is 0.300 e. The Kier molecular flexibility index (Phi) is 4.59. The maximum absolute atomic E-state index is 11.9. The van der Waals surface area contributed by atoms with Crippen LogP contribution >= 0.6 is 0 Å². The van der Waals surface area contributed by atoms with Crippen LogP contribution < -0.4 is 10.6 Å². The van der Waals surface area contributed by atoms with Crippen LogP contribution in [0.4, 0.5) is 11.5 Å². The molecule has 7 nitrogen and oxygen atoms in total. The second kappa shape index (κ2) is 5.95. The molecule has 98 valence electrons. The number of nitrogens with one attached hydrogen (secondary N) is 2. The van der Waals surface area contributed by atoms with Crippen LogP contribution in [0.15, 0.2) is 12.3 Å². The third kappa shape index (κ3) is 3.41. The molecule has 0 unspecified atom stereocenters. The minimum Gasteiger partial charge on any atom is -0.373 e. The molecule has 1 aromatic heterocycles. The summed E-state index contributed by atoms with van der Waals surface area (Å²) in [6.07, 6.45) is 1.08. The van der Waals surface area contributed by atoms with Crippen molar-refractivity contribution in [1.29, 1.82) is 0 Å². The number of hydrogen-bond acceptors (Lipinski definition) is 5. The van der Waals surface area contributed by atoms with Gasteiger partial charge in [0.2, 0.25) is 0 Å². The average molecular weight is 252 g/mol. The highest BCUT2D eigenvalue weighted by Gasteiger charge is 2.21. The van der Waals surface area contributed by atoms with Crippen molar-refractivity contribution >= 4 is 17.4 Å². The zero-order valence-electron chi connectivity index (χ0n) is 10.6. The molecular weight excluding hydrogens is 236 g/mol. The summed E-state index contributed by atoms with van der Waals surface area (Å²) in [6.45, 7) is 4.35. The summed E-state index contributed by atoms with van der Waals surface area (Å²) in [5, 5.41) is 16.2. The molecule has 0 saturated carbocycles. The average Bonchev–Trinajstić information content (AvgIpc) is 2.34. The number of carbonyl (C=O) groups is 1. The third-order valence-electron chi connectivity index (χ3n) is 2.25. The van der Waals surface area contributed by atoms with Crippen molar-refractivity contribution in [1.82, 2.24) is 10.3 Å². The molecular formula is C11H16N4O3. The van der Waals surface area contributed by atoms with Gasteiger partial charge in [-0.1, -0.05) is 13.8 Å². The molecule has 1 rings (SSSR count). The van der Waals surface area contributed by atoms with E-state index in [1.807, 2.05) is 13.8 Å². The van der Waals surface area contributed by atoms with E-state index >= 15 is 0 Å². The van der Waals surface area contributed by atoms with Gasteiger partial charge < -0.3 is 10.6 Å². The van der Waals surface area contributed by atoms with Gasteiger partial charge in [-0.3, -0.25) is 14.9 Å². The van der Waals surface area contributed by atoms with E-state index in [1.165, 1.54) is 6.07 Å². The summed E-state index contributed by atoms with van der Waals surface area (Å²) in [5.41, 5.74) is -0.282. The van der Waals surface area contributed by atoms with Crippen LogP contribution in [-0.4, -0.2) is 29.4 Å². The van der Waals surface area contributed by atoms with Crippen molar-refractivity contribution in [3.63, 3.8) is 0 Å².